The van der Waals surface area contributed by atoms with Crippen molar-refractivity contribution in [1.29, 1.82) is 0 Å². The maximum absolute atomic E-state index is 12.7. The van der Waals surface area contributed by atoms with Crippen LogP contribution in [-0.2, 0) is 16.8 Å². The molecule has 2 N–H and O–H groups in total. The van der Waals surface area contributed by atoms with E-state index in [1.165, 1.54) is 18.2 Å². The Morgan fingerprint density at radius 1 is 1.08 bits per heavy atom. The van der Waals surface area contributed by atoms with E-state index in [0.29, 0.717) is 25.3 Å². The molecule has 4 nitrogen and oxygen atoms in total. The first-order valence-electron chi connectivity index (χ1n) is 8.32. The molecule has 0 bridgehead atoms. The molecule has 0 amide bonds. The maximum Gasteiger partial charge on any atom is 0.573 e. The van der Waals surface area contributed by atoms with Crippen LogP contribution >= 0.6 is 0 Å². The second-order valence-electron chi connectivity index (χ2n) is 6.19. The van der Waals surface area contributed by atoms with Gasteiger partial charge in [0.1, 0.15) is 17.5 Å². The summed E-state index contributed by atoms with van der Waals surface area (Å²) in [6.07, 6.45) is -5.47. The quantitative estimate of drug-likeness (QED) is 0.853. The van der Waals surface area contributed by atoms with Crippen molar-refractivity contribution in [3.8, 4) is 5.75 Å². The third-order valence-electron chi connectivity index (χ3n) is 4.39. The number of rotatable bonds is 5. The van der Waals surface area contributed by atoms with E-state index in [2.05, 4.69) is 10.1 Å². The molecule has 1 heterocycles. The van der Waals surface area contributed by atoms with E-state index < -0.39 is 18.1 Å². The number of aliphatic hydroxyl groups is 1. The van der Waals surface area contributed by atoms with Gasteiger partial charge in [-0.15, -0.1) is 13.2 Å². The molecule has 0 aromatic heterocycles. The van der Waals surface area contributed by atoms with E-state index in [4.69, 9.17) is 4.74 Å². The number of morpholine rings is 1. The van der Waals surface area contributed by atoms with Gasteiger partial charge in [0.25, 0.3) is 0 Å². The van der Waals surface area contributed by atoms with E-state index >= 15 is 0 Å². The summed E-state index contributed by atoms with van der Waals surface area (Å²) < 4.78 is 48.0. The molecular formula is C19H20F3NO3. The Balaban J connectivity index is 1.97. The van der Waals surface area contributed by atoms with Gasteiger partial charge in [0.05, 0.1) is 6.61 Å². The Labute approximate surface area is 149 Å². The number of benzene rings is 2. The van der Waals surface area contributed by atoms with Crippen molar-refractivity contribution in [1.82, 2.24) is 5.32 Å². The van der Waals surface area contributed by atoms with Crippen LogP contribution in [0.15, 0.2) is 54.6 Å². The van der Waals surface area contributed by atoms with Gasteiger partial charge in [-0.2, -0.15) is 0 Å². The molecule has 1 aliphatic rings. The lowest BCUT2D eigenvalue weighted by Gasteiger charge is -2.39. The zero-order chi connectivity index (χ0) is 18.6. The molecule has 3 rings (SSSR count). The molecular weight excluding hydrogens is 347 g/mol. The fraction of sp³-hybridized carbons (Fsp3) is 0.368. The number of hydrogen-bond acceptors (Lipinski definition) is 4. The highest BCUT2D eigenvalue weighted by molar-refractivity contribution is 5.37. The van der Waals surface area contributed by atoms with Gasteiger partial charge in [0.15, 0.2) is 0 Å². The van der Waals surface area contributed by atoms with Crippen molar-refractivity contribution in [2.24, 2.45) is 0 Å². The molecule has 0 spiro atoms. The average Bonchev–Trinajstić information content (AvgIpc) is 2.63. The van der Waals surface area contributed by atoms with Gasteiger partial charge in [-0.25, -0.2) is 0 Å². The minimum Gasteiger partial charge on any atom is -0.406 e. The lowest BCUT2D eigenvalue weighted by molar-refractivity contribution is -0.275. The lowest BCUT2D eigenvalue weighted by atomic mass is 9.81. The maximum atomic E-state index is 12.7. The van der Waals surface area contributed by atoms with Crippen molar-refractivity contribution in [3.63, 3.8) is 0 Å². The number of ether oxygens (including phenoxy) is 2. The van der Waals surface area contributed by atoms with Crippen molar-refractivity contribution in [2.75, 3.05) is 19.7 Å². The predicted octanol–water partition coefficient (Wildman–Crippen LogP) is 3.00. The summed E-state index contributed by atoms with van der Waals surface area (Å²) in [6.45, 7) is 1.48. The molecule has 0 radical (unpaired) electrons. The van der Waals surface area contributed by atoms with Crippen LogP contribution in [0.4, 0.5) is 13.2 Å². The molecule has 2 atom stereocenters. The van der Waals surface area contributed by atoms with Crippen LogP contribution in [0.3, 0.4) is 0 Å². The minimum absolute atomic E-state index is 0.0738. The number of alkyl halides is 3. The van der Waals surface area contributed by atoms with Crippen LogP contribution in [0.5, 0.6) is 5.75 Å². The van der Waals surface area contributed by atoms with Gasteiger partial charge < -0.3 is 19.9 Å². The highest BCUT2D eigenvalue weighted by Crippen LogP contribution is 2.36. The van der Waals surface area contributed by atoms with E-state index in [0.717, 1.165) is 0 Å². The Kier molecular flexibility index (Phi) is 5.50. The molecule has 7 heteroatoms. The van der Waals surface area contributed by atoms with Gasteiger partial charge in [-0.3, -0.25) is 0 Å². The second-order valence-corrected chi connectivity index (χ2v) is 6.19. The highest BCUT2D eigenvalue weighted by Gasteiger charge is 2.41. The monoisotopic (exact) mass is 367 g/mol. The van der Waals surface area contributed by atoms with Crippen LogP contribution in [0.25, 0.3) is 0 Å². The third-order valence-corrected chi connectivity index (χ3v) is 4.39. The highest BCUT2D eigenvalue weighted by atomic mass is 19.4. The molecule has 0 aliphatic carbocycles. The molecule has 0 saturated carbocycles. The predicted molar refractivity (Wildman–Crippen MR) is 89.8 cm³/mol. The average molecular weight is 367 g/mol. The Hall–Kier alpha value is -2.09. The number of hydrogen-bond donors (Lipinski definition) is 2. The lowest BCUT2D eigenvalue weighted by Crippen LogP contribution is -2.52. The second kappa shape index (κ2) is 7.65. The molecule has 26 heavy (non-hydrogen) atoms. The van der Waals surface area contributed by atoms with Crippen molar-refractivity contribution < 1.29 is 27.8 Å². The van der Waals surface area contributed by atoms with Gasteiger partial charge in [-0.05, 0) is 17.2 Å². The van der Waals surface area contributed by atoms with Gasteiger partial charge in [0.2, 0.25) is 0 Å². The first-order valence-corrected chi connectivity index (χ1v) is 8.32. The van der Waals surface area contributed by atoms with E-state index in [9.17, 15) is 18.3 Å². The van der Waals surface area contributed by atoms with Crippen LogP contribution in [0, 0.1) is 0 Å². The fourth-order valence-electron chi connectivity index (χ4n) is 3.17. The van der Waals surface area contributed by atoms with Gasteiger partial charge in [0, 0.05) is 19.5 Å². The molecule has 1 saturated heterocycles. The van der Waals surface area contributed by atoms with Crippen LogP contribution in [0.1, 0.15) is 11.1 Å². The van der Waals surface area contributed by atoms with E-state index in [1.54, 1.807) is 30.3 Å². The standard InChI is InChI=1S/C19H20F3NO3/c20-19(21,22)26-16-9-5-4-6-14(16)12-18(24,15-7-2-1-3-8-15)17-13-23-10-11-25-17/h1-9,17,23-24H,10-13H2/t17-,18+/m0/s1. The van der Waals surface area contributed by atoms with Crippen molar-refractivity contribution in [2.45, 2.75) is 24.5 Å². The van der Waals surface area contributed by atoms with E-state index in [-0.39, 0.29) is 17.7 Å². The van der Waals surface area contributed by atoms with Crippen LogP contribution in [0.2, 0.25) is 0 Å². The molecule has 1 fully saturated rings. The summed E-state index contributed by atoms with van der Waals surface area (Å²) >= 11 is 0. The summed E-state index contributed by atoms with van der Waals surface area (Å²) in [5, 5.41) is 14.6. The topological polar surface area (TPSA) is 50.7 Å². The normalized spacial score (nSPS) is 20.4. The molecule has 2 aromatic carbocycles. The Morgan fingerprint density at radius 2 is 1.77 bits per heavy atom. The number of nitrogens with one attached hydrogen (secondary N) is 1. The molecule has 140 valence electrons. The summed E-state index contributed by atoms with van der Waals surface area (Å²) in [6, 6.07) is 14.7. The van der Waals surface area contributed by atoms with Crippen LogP contribution < -0.4 is 10.1 Å². The molecule has 2 aromatic rings. The summed E-state index contributed by atoms with van der Waals surface area (Å²) in [7, 11) is 0. The summed E-state index contributed by atoms with van der Waals surface area (Å²) in [5.41, 5.74) is -0.666. The number of para-hydroxylation sites is 1. The number of halogens is 3. The van der Waals surface area contributed by atoms with Crippen molar-refractivity contribution in [3.05, 3.63) is 65.7 Å². The molecule has 0 unspecified atom stereocenters. The Bertz CT molecular complexity index is 717. The smallest absolute Gasteiger partial charge is 0.406 e. The van der Waals surface area contributed by atoms with E-state index in [1.807, 2.05) is 6.07 Å². The van der Waals surface area contributed by atoms with Crippen molar-refractivity contribution >= 4 is 0 Å². The van der Waals surface area contributed by atoms with Gasteiger partial charge >= 0.3 is 6.36 Å². The minimum atomic E-state index is -4.80. The van der Waals surface area contributed by atoms with Gasteiger partial charge in [-0.1, -0.05) is 48.5 Å². The summed E-state index contributed by atoms with van der Waals surface area (Å²) in [4.78, 5) is 0. The van der Waals surface area contributed by atoms with Crippen LogP contribution in [-0.4, -0.2) is 37.3 Å². The first-order chi connectivity index (χ1) is 12.4. The fourth-order valence-corrected chi connectivity index (χ4v) is 3.17. The largest absolute Gasteiger partial charge is 0.573 e. The first kappa shape index (κ1) is 18.7. The zero-order valence-corrected chi connectivity index (χ0v) is 14.0. The summed E-state index contributed by atoms with van der Waals surface area (Å²) in [5.74, 6) is -0.321. The Morgan fingerprint density at radius 3 is 2.42 bits per heavy atom. The SMILES string of the molecule is O[C@](Cc1ccccc1OC(F)(F)F)(c1ccccc1)[C@@H]1CNCCO1. The molecule has 1 aliphatic heterocycles. The zero-order valence-electron chi connectivity index (χ0n) is 14.0. The third kappa shape index (κ3) is 4.35.